The van der Waals surface area contributed by atoms with Crippen molar-refractivity contribution in [1.82, 2.24) is 15.0 Å². The van der Waals surface area contributed by atoms with Gasteiger partial charge in [-0.2, -0.15) is 15.0 Å². The molecule has 3 aromatic rings. The first-order valence-corrected chi connectivity index (χ1v) is 9.24. The van der Waals surface area contributed by atoms with Crippen molar-refractivity contribution in [2.24, 2.45) is 0 Å². The number of nitrogens with zero attached hydrogens (tertiary/aromatic N) is 4. The quantitative estimate of drug-likeness (QED) is 0.730. The fourth-order valence-electron chi connectivity index (χ4n) is 3.63. The summed E-state index contributed by atoms with van der Waals surface area (Å²) in [6.07, 6.45) is 3.26. The first-order chi connectivity index (χ1) is 14.2. The number of halogens is 1. The van der Waals surface area contributed by atoms with Crippen LogP contribution in [0.2, 0.25) is 0 Å². The summed E-state index contributed by atoms with van der Waals surface area (Å²) in [5.41, 5.74) is 2.43. The average molecular weight is 395 g/mol. The number of amides is 1. The van der Waals surface area contributed by atoms with Gasteiger partial charge in [-0.05, 0) is 29.8 Å². The summed E-state index contributed by atoms with van der Waals surface area (Å²) < 4.78 is 24.9. The van der Waals surface area contributed by atoms with Crippen LogP contribution in [0.3, 0.4) is 0 Å². The van der Waals surface area contributed by atoms with Crippen LogP contribution in [0, 0.1) is 5.82 Å². The summed E-state index contributed by atoms with van der Waals surface area (Å²) >= 11 is 0. The van der Waals surface area contributed by atoms with Crippen molar-refractivity contribution >= 4 is 17.3 Å². The maximum Gasteiger partial charge on any atom is 0.262 e. The molecule has 0 unspecified atom stereocenters. The molecular weight excluding hydrogens is 377 g/mol. The number of hydrogen-bond donors (Lipinski definition) is 1. The Bertz CT molecular complexity index is 1060. The van der Waals surface area contributed by atoms with E-state index >= 15 is 0 Å². The lowest BCUT2D eigenvalue weighted by molar-refractivity contribution is -0.118. The van der Waals surface area contributed by atoms with Gasteiger partial charge < -0.3 is 19.7 Å². The number of ether oxygens (including phenoxy) is 2. The van der Waals surface area contributed by atoms with Crippen LogP contribution in [0.25, 0.3) is 0 Å². The second kappa shape index (κ2) is 7.08. The van der Waals surface area contributed by atoms with Crippen LogP contribution < -0.4 is 19.7 Å². The van der Waals surface area contributed by atoms with Gasteiger partial charge in [0.1, 0.15) is 23.9 Å². The number of anilines is 2. The van der Waals surface area contributed by atoms with Gasteiger partial charge in [0.05, 0.1) is 36.4 Å². The fraction of sp³-hybridized carbons (Fsp3) is 0.250. The maximum atomic E-state index is 13.7. The third kappa shape index (κ3) is 3.46. The predicted octanol–water partition coefficient (Wildman–Crippen LogP) is 2.22. The lowest BCUT2D eigenvalue weighted by atomic mass is 10.1. The summed E-state index contributed by atoms with van der Waals surface area (Å²) in [4.78, 5) is 15.4. The normalized spacial score (nSPS) is 17.6. The molecule has 2 aliphatic heterocycles. The van der Waals surface area contributed by atoms with Gasteiger partial charge in [0, 0.05) is 12.6 Å². The van der Waals surface area contributed by atoms with Crippen molar-refractivity contribution in [3.63, 3.8) is 0 Å². The SMILES string of the molecule is O=C1COc2ccc(CN3c4ccc(F)cc4OC[C@@H]3Cn3nccn3)cc2N1. The van der Waals surface area contributed by atoms with E-state index in [2.05, 4.69) is 20.4 Å². The molecule has 1 N–H and O–H groups in total. The third-order valence-corrected chi connectivity index (χ3v) is 4.97. The minimum Gasteiger partial charge on any atom is -0.489 e. The first-order valence-electron chi connectivity index (χ1n) is 9.24. The zero-order valence-electron chi connectivity index (χ0n) is 15.4. The highest BCUT2D eigenvalue weighted by molar-refractivity contribution is 5.95. The Morgan fingerprint density at radius 1 is 1.10 bits per heavy atom. The van der Waals surface area contributed by atoms with Gasteiger partial charge in [-0.25, -0.2) is 4.39 Å². The molecule has 0 spiro atoms. The van der Waals surface area contributed by atoms with Crippen LogP contribution in [0.4, 0.5) is 15.8 Å². The lowest BCUT2D eigenvalue weighted by Crippen LogP contribution is -2.45. The lowest BCUT2D eigenvalue weighted by Gasteiger charge is -2.38. The summed E-state index contributed by atoms with van der Waals surface area (Å²) in [6, 6.07) is 10.2. The number of nitrogens with one attached hydrogen (secondary N) is 1. The van der Waals surface area contributed by atoms with Crippen molar-refractivity contribution in [1.29, 1.82) is 0 Å². The maximum absolute atomic E-state index is 13.7. The zero-order chi connectivity index (χ0) is 19.8. The van der Waals surface area contributed by atoms with E-state index in [0.717, 1.165) is 11.3 Å². The van der Waals surface area contributed by atoms with Crippen LogP contribution in [-0.4, -0.2) is 40.2 Å². The Kier molecular flexibility index (Phi) is 4.27. The van der Waals surface area contributed by atoms with E-state index in [0.29, 0.717) is 36.9 Å². The first kappa shape index (κ1) is 17.5. The summed E-state index contributed by atoms with van der Waals surface area (Å²) in [7, 11) is 0. The minimum absolute atomic E-state index is 0.0215. The Morgan fingerprint density at radius 2 is 1.97 bits per heavy atom. The van der Waals surface area contributed by atoms with Crippen molar-refractivity contribution in [2.75, 3.05) is 23.4 Å². The Morgan fingerprint density at radius 3 is 2.83 bits per heavy atom. The second-order valence-electron chi connectivity index (χ2n) is 6.96. The average Bonchev–Trinajstić information content (AvgIpc) is 3.22. The highest BCUT2D eigenvalue weighted by Gasteiger charge is 2.29. The van der Waals surface area contributed by atoms with Gasteiger partial charge in [0.25, 0.3) is 5.91 Å². The number of aromatic nitrogens is 3. The summed E-state index contributed by atoms with van der Waals surface area (Å²) in [6.45, 7) is 1.46. The molecule has 1 aromatic heterocycles. The molecule has 1 atom stereocenters. The molecule has 9 heteroatoms. The van der Waals surface area contributed by atoms with E-state index in [-0.39, 0.29) is 24.4 Å². The molecule has 0 bridgehead atoms. The highest BCUT2D eigenvalue weighted by Crippen LogP contribution is 2.37. The Balaban J connectivity index is 1.47. The molecular formula is C20H18FN5O3. The van der Waals surface area contributed by atoms with Crippen LogP contribution in [0.15, 0.2) is 48.8 Å². The standard InChI is InChI=1S/C20H18FN5O3/c21-14-2-3-17-19(8-14)28-11-15(10-26-22-5-6-23-26)25(17)9-13-1-4-18-16(7-13)24-20(27)12-29-18/h1-8,15H,9-12H2,(H,24,27)/t15-/m0/s1. The third-order valence-electron chi connectivity index (χ3n) is 4.97. The van der Waals surface area contributed by atoms with Crippen LogP contribution in [-0.2, 0) is 17.9 Å². The number of hydrogen-bond acceptors (Lipinski definition) is 6. The molecule has 3 heterocycles. The van der Waals surface area contributed by atoms with Crippen molar-refractivity contribution in [3.05, 3.63) is 60.2 Å². The molecule has 8 nitrogen and oxygen atoms in total. The molecule has 148 valence electrons. The molecule has 0 fully saturated rings. The molecule has 0 saturated carbocycles. The number of benzene rings is 2. The van der Waals surface area contributed by atoms with Crippen LogP contribution in [0.5, 0.6) is 11.5 Å². The largest absolute Gasteiger partial charge is 0.489 e. The Labute approximate surface area is 165 Å². The van der Waals surface area contributed by atoms with E-state index in [9.17, 15) is 9.18 Å². The van der Waals surface area contributed by atoms with E-state index < -0.39 is 0 Å². The number of carbonyl (C=O) groups is 1. The molecule has 5 rings (SSSR count). The van der Waals surface area contributed by atoms with Gasteiger partial charge in [-0.1, -0.05) is 6.07 Å². The molecule has 2 aliphatic rings. The second-order valence-corrected chi connectivity index (χ2v) is 6.96. The smallest absolute Gasteiger partial charge is 0.262 e. The van der Waals surface area contributed by atoms with Gasteiger partial charge >= 0.3 is 0 Å². The Hall–Kier alpha value is -3.62. The molecule has 0 saturated heterocycles. The van der Waals surface area contributed by atoms with Crippen molar-refractivity contribution in [3.8, 4) is 11.5 Å². The van der Waals surface area contributed by atoms with Crippen molar-refractivity contribution < 1.29 is 18.7 Å². The van der Waals surface area contributed by atoms with Crippen molar-refractivity contribution in [2.45, 2.75) is 19.1 Å². The fourth-order valence-corrected chi connectivity index (χ4v) is 3.63. The summed E-state index contributed by atoms with van der Waals surface area (Å²) in [5, 5.41) is 11.2. The number of carbonyl (C=O) groups excluding carboxylic acids is 1. The van der Waals surface area contributed by atoms with E-state index in [1.165, 1.54) is 12.1 Å². The molecule has 0 aliphatic carbocycles. The van der Waals surface area contributed by atoms with Gasteiger partial charge in [0.15, 0.2) is 6.61 Å². The predicted molar refractivity (Wildman–Crippen MR) is 102 cm³/mol. The summed E-state index contributed by atoms with van der Waals surface area (Å²) in [5.74, 6) is 0.633. The van der Waals surface area contributed by atoms with E-state index in [4.69, 9.17) is 9.47 Å². The van der Waals surface area contributed by atoms with Gasteiger partial charge in [-0.3, -0.25) is 4.79 Å². The molecule has 29 heavy (non-hydrogen) atoms. The van der Waals surface area contributed by atoms with E-state index in [1.54, 1.807) is 23.3 Å². The van der Waals surface area contributed by atoms with E-state index in [1.807, 2.05) is 18.2 Å². The molecule has 0 radical (unpaired) electrons. The number of rotatable bonds is 4. The topological polar surface area (TPSA) is 81.5 Å². The molecule has 1 amide bonds. The zero-order valence-corrected chi connectivity index (χ0v) is 15.4. The monoisotopic (exact) mass is 395 g/mol. The highest BCUT2D eigenvalue weighted by atomic mass is 19.1. The minimum atomic E-state index is -0.343. The molecule has 2 aromatic carbocycles. The van der Waals surface area contributed by atoms with Crippen LogP contribution in [0.1, 0.15) is 5.56 Å². The number of fused-ring (bicyclic) bond motifs is 2. The van der Waals surface area contributed by atoms with Gasteiger partial charge in [0.2, 0.25) is 0 Å². The van der Waals surface area contributed by atoms with Crippen LogP contribution >= 0.6 is 0 Å². The van der Waals surface area contributed by atoms with Gasteiger partial charge in [-0.15, -0.1) is 0 Å².